The van der Waals surface area contributed by atoms with Crippen LogP contribution in [0.3, 0.4) is 0 Å². The number of hydrogen-bond acceptors (Lipinski definition) is 4. The highest BCUT2D eigenvalue weighted by Crippen LogP contribution is 2.12. The van der Waals surface area contributed by atoms with E-state index in [0.29, 0.717) is 28.9 Å². The van der Waals surface area contributed by atoms with Crippen LogP contribution in [0.15, 0.2) is 30.1 Å². The van der Waals surface area contributed by atoms with E-state index in [9.17, 15) is 4.79 Å². The highest BCUT2D eigenvalue weighted by Gasteiger charge is 1.93. The van der Waals surface area contributed by atoms with Gasteiger partial charge >= 0.3 is 0 Å². The molecule has 0 unspecified atom stereocenters. The molecule has 94 valence electrons. The van der Waals surface area contributed by atoms with E-state index in [-0.39, 0.29) is 0 Å². The van der Waals surface area contributed by atoms with Gasteiger partial charge in [0, 0.05) is 5.38 Å². The Balaban J connectivity index is 0.000000304. The summed E-state index contributed by atoms with van der Waals surface area (Å²) in [5, 5.41) is 4.99. The molecule has 0 aliphatic carbocycles. The van der Waals surface area contributed by atoms with Gasteiger partial charge in [-0.2, -0.15) is 0 Å². The molecule has 0 saturated carbocycles. The maximum Gasteiger partial charge on any atom is 0.213 e. The topological polar surface area (TPSA) is 51.2 Å². The number of amides is 1. The van der Waals surface area contributed by atoms with Crippen LogP contribution in [0.1, 0.15) is 12.6 Å². The van der Waals surface area contributed by atoms with Gasteiger partial charge in [0.05, 0.1) is 17.3 Å². The summed E-state index contributed by atoms with van der Waals surface area (Å²) in [7, 11) is 0. The van der Waals surface area contributed by atoms with Gasteiger partial charge in [0.25, 0.3) is 0 Å². The molecule has 0 saturated heterocycles. The molecule has 1 heterocycles. The Morgan fingerprint density at radius 1 is 1.71 bits per heavy atom. The number of ether oxygens (including phenoxy) is 1. The molecular weight excluding hydrogens is 260 g/mol. The summed E-state index contributed by atoms with van der Waals surface area (Å²) in [6.07, 6.45) is 0.623. The Kier molecular flexibility index (Phi) is 8.09. The van der Waals surface area contributed by atoms with E-state index >= 15 is 0 Å². The molecule has 1 amide bonds. The quantitative estimate of drug-likeness (QED) is 0.509. The number of alkyl halides is 1. The fourth-order valence-corrected chi connectivity index (χ4v) is 1.45. The molecule has 0 aliphatic heterocycles. The van der Waals surface area contributed by atoms with E-state index in [1.807, 2.05) is 12.3 Å². The Morgan fingerprint density at radius 2 is 2.35 bits per heavy atom. The predicted octanol–water partition coefficient (Wildman–Crippen LogP) is 3.31. The number of nitrogens with zero attached hydrogens (tertiary/aromatic N) is 1. The Morgan fingerprint density at radius 3 is 2.65 bits per heavy atom. The molecule has 17 heavy (non-hydrogen) atoms. The maximum absolute atomic E-state index is 9.84. The molecule has 0 aromatic carbocycles. The molecule has 6 heteroatoms. The number of aromatic nitrogens is 1. The summed E-state index contributed by atoms with van der Waals surface area (Å²) in [6.45, 7) is 10.6. The highest BCUT2D eigenvalue weighted by atomic mass is 35.5. The van der Waals surface area contributed by atoms with Gasteiger partial charge in [0.15, 0.2) is 5.13 Å². The number of halogens is 1. The van der Waals surface area contributed by atoms with E-state index in [0.717, 1.165) is 5.69 Å². The standard InChI is InChI=1S/C6H9ClO.C5H6N2OS/c1-5(2)8-6(3)4-7;1-4-2-9-5(7-4)6-3-8/h1,3-4H2,2H3;2-3H,1H3,(H,6,7,8). The van der Waals surface area contributed by atoms with Crippen molar-refractivity contribution < 1.29 is 9.53 Å². The van der Waals surface area contributed by atoms with Crippen LogP contribution in [0, 0.1) is 6.92 Å². The van der Waals surface area contributed by atoms with Crippen LogP contribution in [-0.4, -0.2) is 17.3 Å². The fraction of sp³-hybridized carbons (Fsp3) is 0.273. The lowest BCUT2D eigenvalue weighted by molar-refractivity contribution is -0.105. The average Bonchev–Trinajstić information content (AvgIpc) is 2.64. The third-order valence-electron chi connectivity index (χ3n) is 1.27. The number of thiazole rings is 1. The van der Waals surface area contributed by atoms with Crippen molar-refractivity contribution in [2.75, 3.05) is 11.2 Å². The molecule has 4 nitrogen and oxygen atoms in total. The summed E-state index contributed by atoms with van der Waals surface area (Å²) in [4.78, 5) is 13.8. The second kappa shape index (κ2) is 8.78. The van der Waals surface area contributed by atoms with Crippen molar-refractivity contribution in [2.45, 2.75) is 13.8 Å². The van der Waals surface area contributed by atoms with E-state index < -0.39 is 0 Å². The van der Waals surface area contributed by atoms with Crippen molar-refractivity contribution in [3.63, 3.8) is 0 Å². The monoisotopic (exact) mass is 274 g/mol. The summed E-state index contributed by atoms with van der Waals surface area (Å²) in [5.41, 5.74) is 0.935. The van der Waals surface area contributed by atoms with Gasteiger partial charge in [-0.15, -0.1) is 22.9 Å². The Labute approximate surface area is 110 Å². The number of hydrogen-bond donors (Lipinski definition) is 1. The summed E-state index contributed by atoms with van der Waals surface area (Å²) in [5.74, 6) is 1.49. The largest absolute Gasteiger partial charge is 0.466 e. The normalized spacial score (nSPS) is 8.65. The van der Waals surface area contributed by atoms with Gasteiger partial charge in [0.1, 0.15) is 5.76 Å². The third-order valence-corrected chi connectivity index (χ3v) is 2.46. The molecule has 0 atom stereocenters. The van der Waals surface area contributed by atoms with Crippen molar-refractivity contribution in [1.82, 2.24) is 4.98 Å². The lowest BCUT2D eigenvalue weighted by Gasteiger charge is -2.01. The SMILES string of the molecule is C=C(C)OC(=C)CCl.Cc1csc(NC=O)n1. The molecule has 0 radical (unpaired) electrons. The second-order valence-electron chi connectivity index (χ2n) is 3.03. The van der Waals surface area contributed by atoms with Gasteiger partial charge in [-0.05, 0) is 13.8 Å². The van der Waals surface area contributed by atoms with Crippen LogP contribution in [0.25, 0.3) is 0 Å². The second-order valence-corrected chi connectivity index (χ2v) is 4.16. The van der Waals surface area contributed by atoms with Crippen molar-refractivity contribution in [2.24, 2.45) is 0 Å². The summed E-state index contributed by atoms with van der Waals surface area (Å²) < 4.78 is 4.88. The average molecular weight is 275 g/mol. The number of nitrogens with one attached hydrogen (secondary N) is 1. The molecule has 0 bridgehead atoms. The molecule has 1 rings (SSSR count). The number of carbonyl (C=O) groups is 1. The van der Waals surface area contributed by atoms with Gasteiger partial charge in [-0.3, -0.25) is 4.79 Å². The predicted molar refractivity (Wildman–Crippen MR) is 72.3 cm³/mol. The van der Waals surface area contributed by atoms with Crippen LogP contribution in [0.5, 0.6) is 0 Å². The Hall–Kier alpha value is -1.33. The molecule has 1 aromatic heterocycles. The van der Waals surface area contributed by atoms with E-state index in [1.54, 1.807) is 6.92 Å². The van der Waals surface area contributed by atoms with Crippen molar-refractivity contribution in [3.05, 3.63) is 35.8 Å². The van der Waals surface area contributed by atoms with Crippen LogP contribution < -0.4 is 5.32 Å². The van der Waals surface area contributed by atoms with Gasteiger partial charge in [0.2, 0.25) is 6.41 Å². The lowest BCUT2D eigenvalue weighted by atomic mass is 10.6. The third kappa shape index (κ3) is 8.47. The zero-order valence-electron chi connectivity index (χ0n) is 9.83. The van der Waals surface area contributed by atoms with Crippen LogP contribution >= 0.6 is 22.9 Å². The highest BCUT2D eigenvalue weighted by molar-refractivity contribution is 7.13. The fourth-order valence-electron chi connectivity index (χ4n) is 0.744. The van der Waals surface area contributed by atoms with Crippen LogP contribution in [0.2, 0.25) is 0 Å². The van der Waals surface area contributed by atoms with Crippen molar-refractivity contribution in [3.8, 4) is 0 Å². The molecular formula is C11H15ClN2O2S. The van der Waals surface area contributed by atoms with Gasteiger partial charge in [-0.1, -0.05) is 13.2 Å². The first kappa shape index (κ1) is 15.7. The van der Waals surface area contributed by atoms with Gasteiger partial charge in [-0.25, -0.2) is 4.98 Å². The molecule has 1 N–H and O–H groups in total. The molecule has 0 aliphatic rings. The van der Waals surface area contributed by atoms with E-state index in [4.69, 9.17) is 16.3 Å². The smallest absolute Gasteiger partial charge is 0.213 e. The van der Waals surface area contributed by atoms with Crippen molar-refractivity contribution >= 4 is 34.5 Å². The first-order chi connectivity index (χ1) is 7.99. The Bertz CT molecular complexity index is 391. The molecule has 0 fully saturated rings. The minimum Gasteiger partial charge on any atom is -0.466 e. The van der Waals surface area contributed by atoms with Crippen LogP contribution in [0.4, 0.5) is 5.13 Å². The number of aryl methyl sites for hydroxylation is 1. The van der Waals surface area contributed by atoms with Crippen LogP contribution in [-0.2, 0) is 9.53 Å². The van der Waals surface area contributed by atoms with E-state index in [1.165, 1.54) is 11.3 Å². The summed E-state index contributed by atoms with van der Waals surface area (Å²) in [6, 6.07) is 0. The first-order valence-electron chi connectivity index (χ1n) is 4.69. The summed E-state index contributed by atoms with van der Waals surface area (Å²) >= 11 is 6.75. The number of allylic oxidation sites excluding steroid dienone is 2. The number of carbonyl (C=O) groups excluding carboxylic acids is 1. The zero-order chi connectivity index (χ0) is 13.3. The van der Waals surface area contributed by atoms with Gasteiger partial charge < -0.3 is 10.1 Å². The van der Waals surface area contributed by atoms with Crippen molar-refractivity contribution in [1.29, 1.82) is 0 Å². The molecule has 0 spiro atoms. The maximum atomic E-state index is 9.84. The lowest BCUT2D eigenvalue weighted by Crippen LogP contribution is -1.91. The minimum atomic E-state index is 0.326. The molecule has 1 aromatic rings. The zero-order valence-corrected chi connectivity index (χ0v) is 11.4. The van der Waals surface area contributed by atoms with E-state index in [2.05, 4.69) is 23.5 Å². The minimum absolute atomic E-state index is 0.326. The number of rotatable bonds is 5. The number of anilines is 1. The first-order valence-corrected chi connectivity index (χ1v) is 6.10.